The Labute approximate surface area is 128 Å². The molecule has 0 fully saturated rings. The fraction of sp³-hybridized carbons (Fsp3) is 0.0714. The highest BCUT2D eigenvalue weighted by atomic mass is 79.9. The lowest BCUT2D eigenvalue weighted by Gasteiger charge is -2.08. The van der Waals surface area contributed by atoms with Gasteiger partial charge >= 0.3 is 5.97 Å². The summed E-state index contributed by atoms with van der Waals surface area (Å²) < 4.78 is 6.06. The van der Waals surface area contributed by atoms with Gasteiger partial charge < -0.3 is 15.2 Å². The van der Waals surface area contributed by atoms with Gasteiger partial charge in [0.15, 0.2) is 6.61 Å². The van der Waals surface area contributed by atoms with E-state index in [2.05, 4.69) is 26.2 Å². The Kier molecular flexibility index (Phi) is 4.89. The molecule has 2 aromatic rings. The lowest BCUT2D eigenvalue weighted by molar-refractivity contribution is -0.118. The fourth-order valence-electron chi connectivity index (χ4n) is 1.53. The number of halogens is 1. The van der Waals surface area contributed by atoms with Crippen LogP contribution in [0, 0.1) is 0 Å². The number of benzene rings is 1. The summed E-state index contributed by atoms with van der Waals surface area (Å²) in [5.74, 6) is -1.24. The molecule has 0 atom stereocenters. The van der Waals surface area contributed by atoms with Crippen LogP contribution >= 0.6 is 15.9 Å². The molecular weight excluding hydrogens is 340 g/mol. The summed E-state index contributed by atoms with van der Waals surface area (Å²) in [5, 5.41) is 11.5. The van der Waals surface area contributed by atoms with Gasteiger partial charge in [-0.3, -0.25) is 9.78 Å². The van der Waals surface area contributed by atoms with E-state index in [1.807, 2.05) is 6.07 Å². The Hall–Kier alpha value is -2.41. The minimum absolute atomic E-state index is 0.0000943. The van der Waals surface area contributed by atoms with Gasteiger partial charge in [-0.2, -0.15) is 0 Å². The van der Waals surface area contributed by atoms with Gasteiger partial charge in [-0.25, -0.2) is 4.79 Å². The standard InChI is InChI=1S/C14H11BrN2O4/c15-10-2-1-3-11(5-10)17-13(18)8-21-12-4-9(14(19)20)6-16-7-12/h1-7H,8H2,(H,17,18)(H,19,20). The lowest BCUT2D eigenvalue weighted by atomic mass is 10.3. The van der Waals surface area contributed by atoms with Crippen molar-refractivity contribution in [1.82, 2.24) is 4.98 Å². The number of pyridine rings is 1. The maximum Gasteiger partial charge on any atom is 0.337 e. The minimum atomic E-state index is -1.11. The van der Waals surface area contributed by atoms with E-state index < -0.39 is 5.97 Å². The molecule has 0 aliphatic rings. The van der Waals surface area contributed by atoms with Crippen molar-refractivity contribution in [2.24, 2.45) is 0 Å². The zero-order valence-corrected chi connectivity index (χ0v) is 12.3. The number of aromatic carboxylic acids is 1. The molecule has 108 valence electrons. The summed E-state index contributed by atoms with van der Waals surface area (Å²) in [5.41, 5.74) is 0.635. The number of ether oxygens (including phenoxy) is 1. The zero-order chi connectivity index (χ0) is 15.2. The Balaban J connectivity index is 1.92. The Morgan fingerprint density at radius 1 is 1.29 bits per heavy atom. The SMILES string of the molecule is O=C(COc1cncc(C(=O)O)c1)Nc1cccc(Br)c1. The van der Waals surface area contributed by atoms with Crippen LogP contribution in [-0.4, -0.2) is 28.6 Å². The van der Waals surface area contributed by atoms with Crippen LogP contribution in [0.2, 0.25) is 0 Å². The maximum atomic E-state index is 11.7. The first-order valence-corrected chi connectivity index (χ1v) is 6.70. The normalized spacial score (nSPS) is 9.95. The van der Waals surface area contributed by atoms with Gasteiger partial charge in [-0.05, 0) is 24.3 Å². The second kappa shape index (κ2) is 6.85. The van der Waals surface area contributed by atoms with Gasteiger partial charge in [-0.1, -0.05) is 22.0 Å². The highest BCUT2D eigenvalue weighted by Crippen LogP contribution is 2.16. The Morgan fingerprint density at radius 3 is 2.81 bits per heavy atom. The number of amides is 1. The van der Waals surface area contributed by atoms with Crippen LogP contribution in [0.4, 0.5) is 5.69 Å². The summed E-state index contributed by atoms with van der Waals surface area (Å²) in [6.45, 7) is -0.239. The lowest BCUT2D eigenvalue weighted by Crippen LogP contribution is -2.20. The third-order valence-corrected chi connectivity index (χ3v) is 2.93. The molecular formula is C14H11BrN2O4. The molecule has 21 heavy (non-hydrogen) atoms. The number of nitrogens with one attached hydrogen (secondary N) is 1. The van der Waals surface area contributed by atoms with Crippen molar-refractivity contribution in [3.63, 3.8) is 0 Å². The predicted octanol–water partition coefficient (Wildman–Crippen LogP) is 2.56. The van der Waals surface area contributed by atoms with Crippen molar-refractivity contribution in [3.05, 3.63) is 52.8 Å². The van der Waals surface area contributed by atoms with Gasteiger partial charge in [0.25, 0.3) is 5.91 Å². The fourth-order valence-corrected chi connectivity index (χ4v) is 1.93. The number of carboxylic acids is 1. The summed E-state index contributed by atoms with van der Waals surface area (Å²) in [7, 11) is 0. The average Bonchev–Trinajstić information content (AvgIpc) is 2.45. The number of carbonyl (C=O) groups excluding carboxylic acids is 1. The number of nitrogens with zero attached hydrogens (tertiary/aromatic N) is 1. The van der Waals surface area contributed by atoms with Crippen molar-refractivity contribution < 1.29 is 19.4 Å². The van der Waals surface area contributed by atoms with Crippen LogP contribution in [0.15, 0.2) is 47.2 Å². The third kappa shape index (κ3) is 4.57. The first-order valence-electron chi connectivity index (χ1n) is 5.91. The largest absolute Gasteiger partial charge is 0.482 e. The third-order valence-electron chi connectivity index (χ3n) is 2.44. The molecule has 0 saturated carbocycles. The van der Waals surface area contributed by atoms with Crippen LogP contribution in [0.25, 0.3) is 0 Å². The molecule has 0 spiro atoms. The molecule has 0 bridgehead atoms. The van der Waals surface area contributed by atoms with Gasteiger partial charge in [0, 0.05) is 16.4 Å². The summed E-state index contributed by atoms with van der Waals surface area (Å²) in [6.07, 6.45) is 2.55. The highest BCUT2D eigenvalue weighted by Gasteiger charge is 2.07. The molecule has 7 heteroatoms. The number of rotatable bonds is 5. The molecule has 0 unspecified atom stereocenters. The van der Waals surface area contributed by atoms with E-state index in [1.165, 1.54) is 18.5 Å². The maximum absolute atomic E-state index is 11.7. The molecule has 0 saturated heterocycles. The highest BCUT2D eigenvalue weighted by molar-refractivity contribution is 9.10. The molecule has 0 aliphatic heterocycles. The van der Waals surface area contributed by atoms with Crippen LogP contribution in [0.3, 0.4) is 0 Å². The summed E-state index contributed by atoms with van der Waals surface area (Å²) in [6, 6.07) is 8.44. The van der Waals surface area contributed by atoms with Crippen molar-refractivity contribution in [3.8, 4) is 5.75 Å². The van der Waals surface area contributed by atoms with Crippen molar-refractivity contribution in [1.29, 1.82) is 0 Å². The predicted molar refractivity (Wildman–Crippen MR) is 79.5 cm³/mol. The first-order chi connectivity index (χ1) is 10.0. The van der Waals surface area contributed by atoms with Gasteiger partial charge in [-0.15, -0.1) is 0 Å². The van der Waals surface area contributed by atoms with Crippen molar-refractivity contribution in [2.45, 2.75) is 0 Å². The summed E-state index contributed by atoms with van der Waals surface area (Å²) >= 11 is 3.30. The van der Waals surface area contributed by atoms with Gasteiger partial charge in [0.1, 0.15) is 5.75 Å². The molecule has 0 aliphatic carbocycles. The molecule has 1 aromatic heterocycles. The van der Waals surface area contributed by atoms with E-state index in [4.69, 9.17) is 9.84 Å². The molecule has 1 aromatic carbocycles. The topological polar surface area (TPSA) is 88.5 Å². The Bertz CT molecular complexity index is 676. The average molecular weight is 351 g/mol. The first kappa shape index (κ1) is 15.0. The smallest absolute Gasteiger partial charge is 0.337 e. The molecule has 1 amide bonds. The van der Waals surface area contributed by atoms with Gasteiger partial charge in [0.05, 0.1) is 11.8 Å². The number of carbonyl (C=O) groups is 2. The van der Waals surface area contributed by atoms with E-state index in [1.54, 1.807) is 18.2 Å². The molecule has 6 nitrogen and oxygen atoms in total. The molecule has 0 radical (unpaired) electrons. The number of hydrogen-bond acceptors (Lipinski definition) is 4. The molecule has 2 rings (SSSR count). The minimum Gasteiger partial charge on any atom is -0.482 e. The van der Waals surface area contributed by atoms with E-state index >= 15 is 0 Å². The second-order valence-electron chi connectivity index (χ2n) is 4.06. The number of anilines is 1. The van der Waals surface area contributed by atoms with E-state index in [0.717, 1.165) is 4.47 Å². The van der Waals surface area contributed by atoms with Crippen LogP contribution < -0.4 is 10.1 Å². The zero-order valence-electron chi connectivity index (χ0n) is 10.7. The number of hydrogen-bond donors (Lipinski definition) is 2. The quantitative estimate of drug-likeness (QED) is 0.864. The van der Waals surface area contributed by atoms with Gasteiger partial charge in [0.2, 0.25) is 0 Å². The number of carboxylic acid groups (broad SMARTS) is 1. The van der Waals surface area contributed by atoms with Crippen LogP contribution in [0.5, 0.6) is 5.75 Å². The summed E-state index contributed by atoms with van der Waals surface area (Å²) in [4.78, 5) is 26.2. The molecule has 2 N–H and O–H groups in total. The van der Waals surface area contributed by atoms with E-state index in [-0.39, 0.29) is 23.8 Å². The van der Waals surface area contributed by atoms with E-state index in [9.17, 15) is 9.59 Å². The van der Waals surface area contributed by atoms with E-state index in [0.29, 0.717) is 5.69 Å². The van der Waals surface area contributed by atoms with Crippen molar-refractivity contribution >= 4 is 33.5 Å². The number of aromatic nitrogens is 1. The van der Waals surface area contributed by atoms with Crippen molar-refractivity contribution in [2.75, 3.05) is 11.9 Å². The van der Waals surface area contributed by atoms with Crippen LogP contribution in [-0.2, 0) is 4.79 Å². The second-order valence-corrected chi connectivity index (χ2v) is 4.98. The molecule has 1 heterocycles. The Morgan fingerprint density at radius 2 is 2.10 bits per heavy atom. The monoisotopic (exact) mass is 350 g/mol. The van der Waals surface area contributed by atoms with Crippen LogP contribution in [0.1, 0.15) is 10.4 Å².